The van der Waals surface area contributed by atoms with Crippen molar-refractivity contribution in [2.24, 2.45) is 5.10 Å². The summed E-state index contributed by atoms with van der Waals surface area (Å²) in [5.74, 6) is -0.0856. The largest absolute Gasteiger partial charge is 0.507 e. The highest BCUT2D eigenvalue weighted by atomic mass is 16.3. The van der Waals surface area contributed by atoms with Gasteiger partial charge in [0.05, 0.1) is 6.21 Å². The van der Waals surface area contributed by atoms with Gasteiger partial charge in [0, 0.05) is 16.7 Å². The van der Waals surface area contributed by atoms with Crippen LogP contribution in [-0.4, -0.2) is 17.2 Å². The quantitative estimate of drug-likeness (QED) is 0.589. The van der Waals surface area contributed by atoms with Crippen molar-refractivity contribution in [2.75, 3.05) is 0 Å². The molecule has 1 amide bonds. The summed E-state index contributed by atoms with van der Waals surface area (Å²) >= 11 is 0. The lowest BCUT2D eigenvalue weighted by Crippen LogP contribution is -2.19. The lowest BCUT2D eigenvalue weighted by molar-refractivity contribution is 0.0955. The van der Waals surface area contributed by atoms with Gasteiger partial charge in [-0.15, -0.1) is 0 Å². The van der Waals surface area contributed by atoms with E-state index in [1.807, 2.05) is 25.1 Å². The van der Waals surface area contributed by atoms with E-state index in [1.54, 1.807) is 12.1 Å². The van der Waals surface area contributed by atoms with Crippen LogP contribution in [0.1, 0.15) is 74.2 Å². The number of hydrazone groups is 1. The molecule has 0 heterocycles. The standard InChI is InChI=1S/C23H30N2O2/c1-15-8-10-16(11-9-15)21(27)25-24-14-17-12-18(22(2,3)4)13-19(20(17)26)23(5,6)7/h8-14,26H,1-7H3,(H,25,27). The van der Waals surface area contributed by atoms with Crippen LogP contribution < -0.4 is 5.43 Å². The fraction of sp³-hybridized carbons (Fsp3) is 0.391. The molecule has 0 spiro atoms. The number of phenols is 1. The first-order chi connectivity index (χ1) is 12.4. The molecular weight excluding hydrogens is 336 g/mol. The van der Waals surface area contributed by atoms with Gasteiger partial charge in [-0.05, 0) is 41.5 Å². The van der Waals surface area contributed by atoms with Gasteiger partial charge in [-0.1, -0.05) is 65.3 Å². The molecule has 0 saturated heterocycles. The molecule has 2 N–H and O–H groups in total. The molecule has 0 unspecified atom stereocenters. The summed E-state index contributed by atoms with van der Waals surface area (Å²) in [6, 6.07) is 11.3. The molecule has 0 fully saturated rings. The number of hydrogen-bond donors (Lipinski definition) is 2. The average molecular weight is 367 g/mol. The van der Waals surface area contributed by atoms with E-state index < -0.39 is 0 Å². The highest BCUT2D eigenvalue weighted by Crippen LogP contribution is 2.37. The lowest BCUT2D eigenvalue weighted by Gasteiger charge is -2.26. The molecule has 2 aromatic rings. The Morgan fingerprint density at radius 3 is 2.11 bits per heavy atom. The summed E-state index contributed by atoms with van der Waals surface area (Å²) in [6.07, 6.45) is 1.51. The topological polar surface area (TPSA) is 61.7 Å². The second-order valence-corrected chi connectivity index (χ2v) is 9.03. The van der Waals surface area contributed by atoms with Gasteiger partial charge < -0.3 is 5.11 Å². The Morgan fingerprint density at radius 1 is 1.00 bits per heavy atom. The third kappa shape index (κ3) is 5.19. The van der Waals surface area contributed by atoms with Gasteiger partial charge in [-0.3, -0.25) is 4.79 Å². The van der Waals surface area contributed by atoms with Gasteiger partial charge in [0.1, 0.15) is 5.75 Å². The summed E-state index contributed by atoms with van der Waals surface area (Å²) in [4.78, 5) is 12.2. The maximum Gasteiger partial charge on any atom is 0.271 e. The monoisotopic (exact) mass is 366 g/mol. The van der Waals surface area contributed by atoms with E-state index in [9.17, 15) is 9.90 Å². The molecule has 144 valence electrons. The van der Waals surface area contributed by atoms with Gasteiger partial charge in [0.15, 0.2) is 0 Å². The van der Waals surface area contributed by atoms with Crippen LogP contribution in [0.2, 0.25) is 0 Å². The van der Waals surface area contributed by atoms with Crippen LogP contribution in [0.3, 0.4) is 0 Å². The predicted octanol–water partition coefficient (Wildman–Crippen LogP) is 5.06. The molecule has 0 aliphatic heterocycles. The molecule has 0 saturated carbocycles. The maximum absolute atomic E-state index is 12.2. The molecule has 0 bridgehead atoms. The van der Waals surface area contributed by atoms with Crippen molar-refractivity contribution in [2.45, 2.75) is 59.3 Å². The zero-order valence-electron chi connectivity index (χ0n) is 17.3. The molecule has 0 aromatic heterocycles. The molecule has 0 radical (unpaired) electrons. The fourth-order valence-electron chi connectivity index (χ4n) is 2.69. The van der Waals surface area contributed by atoms with Crippen molar-refractivity contribution in [3.8, 4) is 5.75 Å². The van der Waals surface area contributed by atoms with Crippen molar-refractivity contribution < 1.29 is 9.90 Å². The number of rotatable bonds is 3. The fourth-order valence-corrected chi connectivity index (χ4v) is 2.69. The Hall–Kier alpha value is -2.62. The second-order valence-electron chi connectivity index (χ2n) is 9.03. The molecule has 4 nitrogen and oxygen atoms in total. The highest BCUT2D eigenvalue weighted by Gasteiger charge is 2.24. The third-order valence-corrected chi connectivity index (χ3v) is 4.50. The zero-order chi connectivity index (χ0) is 20.4. The number of nitrogens with one attached hydrogen (secondary N) is 1. The molecule has 2 rings (SSSR count). The first-order valence-electron chi connectivity index (χ1n) is 9.17. The number of phenolic OH excluding ortho intramolecular Hbond substituents is 1. The van der Waals surface area contributed by atoms with Crippen molar-refractivity contribution in [1.29, 1.82) is 0 Å². The van der Waals surface area contributed by atoms with Gasteiger partial charge in [-0.2, -0.15) is 5.10 Å². The van der Waals surface area contributed by atoms with Crippen LogP contribution in [0, 0.1) is 6.92 Å². The van der Waals surface area contributed by atoms with E-state index in [4.69, 9.17) is 0 Å². The number of carbonyl (C=O) groups is 1. The van der Waals surface area contributed by atoms with Crippen LogP contribution in [0.5, 0.6) is 5.75 Å². The number of aromatic hydroxyl groups is 1. The first kappa shape index (κ1) is 20.7. The Bertz CT molecular complexity index is 852. The molecular formula is C23H30N2O2. The van der Waals surface area contributed by atoms with Crippen molar-refractivity contribution >= 4 is 12.1 Å². The predicted molar refractivity (Wildman–Crippen MR) is 112 cm³/mol. The Kier molecular flexibility index (Phi) is 5.79. The molecule has 0 aliphatic rings. The minimum atomic E-state index is -0.284. The number of carbonyl (C=O) groups excluding carboxylic acids is 1. The van der Waals surface area contributed by atoms with Crippen LogP contribution in [0.15, 0.2) is 41.5 Å². The third-order valence-electron chi connectivity index (χ3n) is 4.50. The van der Waals surface area contributed by atoms with Crippen LogP contribution >= 0.6 is 0 Å². The Balaban J connectivity index is 2.32. The number of benzene rings is 2. The summed E-state index contributed by atoms with van der Waals surface area (Å²) in [5.41, 5.74) is 6.45. The van der Waals surface area contributed by atoms with E-state index in [1.165, 1.54) is 6.21 Å². The van der Waals surface area contributed by atoms with E-state index in [0.717, 1.165) is 16.7 Å². The van der Waals surface area contributed by atoms with E-state index in [0.29, 0.717) is 11.1 Å². The van der Waals surface area contributed by atoms with Crippen molar-refractivity contribution in [3.05, 3.63) is 64.2 Å². The number of hydrogen-bond acceptors (Lipinski definition) is 3. The van der Waals surface area contributed by atoms with Crippen molar-refractivity contribution in [1.82, 2.24) is 5.43 Å². The number of nitrogens with zero attached hydrogens (tertiary/aromatic N) is 1. The minimum absolute atomic E-state index is 0.0680. The molecule has 0 aliphatic carbocycles. The molecule has 4 heteroatoms. The summed E-state index contributed by atoms with van der Waals surface area (Å²) in [5, 5.41) is 14.8. The van der Waals surface area contributed by atoms with Crippen LogP contribution in [0.4, 0.5) is 0 Å². The van der Waals surface area contributed by atoms with Gasteiger partial charge in [0.2, 0.25) is 0 Å². The summed E-state index contributed by atoms with van der Waals surface area (Å²) in [6.45, 7) is 14.6. The molecule has 0 atom stereocenters. The Labute approximate surface area is 162 Å². The summed E-state index contributed by atoms with van der Waals surface area (Å²) < 4.78 is 0. The van der Waals surface area contributed by atoms with Crippen molar-refractivity contribution in [3.63, 3.8) is 0 Å². The van der Waals surface area contributed by atoms with E-state index in [-0.39, 0.29) is 22.5 Å². The molecule has 2 aromatic carbocycles. The maximum atomic E-state index is 12.2. The first-order valence-corrected chi connectivity index (χ1v) is 9.17. The zero-order valence-corrected chi connectivity index (χ0v) is 17.3. The SMILES string of the molecule is Cc1ccc(C(=O)NN=Cc2cc(C(C)(C)C)cc(C(C)(C)C)c2O)cc1. The van der Waals surface area contributed by atoms with Gasteiger partial charge in [0.25, 0.3) is 5.91 Å². The number of amides is 1. The normalized spacial score (nSPS) is 12.4. The average Bonchev–Trinajstić information content (AvgIpc) is 2.54. The Morgan fingerprint density at radius 2 is 1.59 bits per heavy atom. The van der Waals surface area contributed by atoms with Gasteiger partial charge >= 0.3 is 0 Å². The van der Waals surface area contributed by atoms with Crippen LogP contribution in [0.25, 0.3) is 0 Å². The van der Waals surface area contributed by atoms with Gasteiger partial charge in [-0.25, -0.2) is 5.43 Å². The second kappa shape index (κ2) is 7.55. The van der Waals surface area contributed by atoms with E-state index >= 15 is 0 Å². The molecule has 27 heavy (non-hydrogen) atoms. The van der Waals surface area contributed by atoms with Crippen LogP contribution in [-0.2, 0) is 10.8 Å². The number of aryl methyl sites for hydroxylation is 1. The minimum Gasteiger partial charge on any atom is -0.507 e. The lowest BCUT2D eigenvalue weighted by atomic mass is 9.79. The summed E-state index contributed by atoms with van der Waals surface area (Å²) in [7, 11) is 0. The van der Waals surface area contributed by atoms with E-state index in [2.05, 4.69) is 58.1 Å². The smallest absolute Gasteiger partial charge is 0.271 e. The highest BCUT2D eigenvalue weighted by molar-refractivity contribution is 5.95.